The first-order chi connectivity index (χ1) is 38.7. The van der Waals surface area contributed by atoms with Gasteiger partial charge in [0.2, 0.25) is 0 Å². The number of furan rings is 2. The number of hydrogen-bond acceptors (Lipinski definition) is 6. The van der Waals surface area contributed by atoms with Crippen molar-refractivity contribution in [3.05, 3.63) is 223 Å². The molecule has 0 atom stereocenters. The number of benzene rings is 9. The van der Waals surface area contributed by atoms with E-state index in [-0.39, 0.29) is 23.5 Å². The zero-order valence-corrected chi connectivity index (χ0v) is 47.9. The molecule has 0 aliphatic carbocycles. The highest BCUT2D eigenvalue weighted by Crippen LogP contribution is 2.55. The summed E-state index contributed by atoms with van der Waals surface area (Å²) < 4.78 is 16.0. The van der Waals surface area contributed by atoms with Crippen molar-refractivity contribution >= 4 is 121 Å². The number of rotatable bonds is 7. The van der Waals surface area contributed by atoms with E-state index in [1.807, 2.05) is 22.7 Å². The summed E-state index contributed by atoms with van der Waals surface area (Å²) in [5, 5.41) is 7.30. The maximum absolute atomic E-state index is 6.73. The topological polar surface area (TPSA) is 32.8 Å². The van der Waals surface area contributed by atoms with Gasteiger partial charge in [0.25, 0.3) is 6.71 Å². The number of thiophene rings is 2. The number of nitrogens with zero attached hydrogens (tertiary/aromatic N) is 2. The molecule has 0 spiro atoms. The van der Waals surface area contributed by atoms with Gasteiger partial charge < -0.3 is 18.6 Å². The van der Waals surface area contributed by atoms with E-state index in [4.69, 9.17) is 8.83 Å². The van der Waals surface area contributed by atoms with Crippen LogP contribution in [0.2, 0.25) is 0 Å². The van der Waals surface area contributed by atoms with Crippen LogP contribution in [0.4, 0.5) is 32.8 Å². The molecule has 13 aromatic rings. The van der Waals surface area contributed by atoms with Gasteiger partial charge in [0.05, 0.1) is 21.4 Å². The Morgan fingerprint density at radius 2 is 0.825 bits per heavy atom. The molecule has 15 rings (SSSR count). The predicted molar refractivity (Wildman–Crippen MR) is 344 cm³/mol. The molecule has 0 radical (unpaired) electrons. The summed E-state index contributed by atoms with van der Waals surface area (Å²) in [6.45, 7) is 18.6. The Balaban J connectivity index is 1.10. The molecule has 388 valence electrons. The standard InChI is InChI=1S/C73H59BN2O2S2/c1-43(2)50-37-59-69-60(38-50)76(58-36-49(28-32-54(58)45-21-13-10-14-22-45)64-40-47-24-16-18-26-62(47)78-64)71-68(56-42-52(73(6,7)8)30-34-66(56)80-71)74(69)67-55-41-51(72(3,4)5)29-33-65(55)79-70(67)75(59)57-35-48(27-31-53(57)44-19-11-9-12-20-44)63-39-46-23-15-17-25-61(46)77-63/h9-43H,1-8H3. The van der Waals surface area contributed by atoms with Gasteiger partial charge in [-0.2, -0.15) is 0 Å². The Labute approximate surface area is 476 Å². The molecule has 9 aromatic carbocycles. The first-order valence-corrected chi connectivity index (χ1v) is 29.7. The molecule has 0 N–H and O–H groups in total. The Hall–Kier alpha value is -8.36. The molecule has 0 unspecified atom stereocenters. The Kier molecular flexibility index (Phi) is 11.0. The number of fused-ring (bicyclic) bond motifs is 10. The van der Waals surface area contributed by atoms with Crippen molar-refractivity contribution in [3.8, 4) is 44.9 Å². The van der Waals surface area contributed by atoms with E-state index < -0.39 is 0 Å². The number of hydrogen-bond donors (Lipinski definition) is 0. The number of anilines is 6. The molecule has 4 nitrogen and oxygen atoms in total. The van der Waals surface area contributed by atoms with Crippen molar-refractivity contribution in [2.24, 2.45) is 0 Å². The van der Waals surface area contributed by atoms with Crippen molar-refractivity contribution in [2.45, 2.75) is 72.1 Å². The van der Waals surface area contributed by atoms with Crippen LogP contribution < -0.4 is 26.2 Å². The monoisotopic (exact) mass is 1070 g/mol. The fourth-order valence-electron chi connectivity index (χ4n) is 12.5. The van der Waals surface area contributed by atoms with Gasteiger partial charge >= 0.3 is 0 Å². The van der Waals surface area contributed by atoms with Crippen LogP contribution in [0.25, 0.3) is 87.0 Å². The van der Waals surface area contributed by atoms with Gasteiger partial charge in [0.15, 0.2) is 0 Å². The molecule has 2 aliphatic rings. The maximum atomic E-state index is 6.73. The third-order valence-electron chi connectivity index (χ3n) is 16.8. The quantitative estimate of drug-likeness (QED) is 0.149. The molecule has 4 aromatic heterocycles. The zero-order valence-electron chi connectivity index (χ0n) is 46.3. The summed E-state index contributed by atoms with van der Waals surface area (Å²) in [6.07, 6.45) is 0. The molecule has 2 aliphatic heterocycles. The fourth-order valence-corrected chi connectivity index (χ4v) is 15.0. The van der Waals surface area contributed by atoms with Crippen molar-refractivity contribution in [1.29, 1.82) is 0 Å². The molecule has 0 saturated carbocycles. The van der Waals surface area contributed by atoms with Crippen molar-refractivity contribution in [2.75, 3.05) is 9.80 Å². The van der Waals surface area contributed by atoms with Crippen molar-refractivity contribution < 1.29 is 8.83 Å². The molecule has 80 heavy (non-hydrogen) atoms. The molecule has 6 heterocycles. The normalized spacial score (nSPS) is 13.3. The summed E-state index contributed by atoms with van der Waals surface area (Å²) >= 11 is 3.86. The van der Waals surface area contributed by atoms with E-state index in [2.05, 4.69) is 271 Å². The molecule has 0 amide bonds. The predicted octanol–water partition coefficient (Wildman–Crippen LogP) is 20.1. The molecule has 0 saturated heterocycles. The highest BCUT2D eigenvalue weighted by molar-refractivity contribution is 7.29. The van der Waals surface area contributed by atoms with E-state index >= 15 is 0 Å². The largest absolute Gasteiger partial charge is 0.456 e. The van der Waals surface area contributed by atoms with E-state index in [0.717, 1.165) is 78.2 Å². The summed E-state index contributed by atoms with van der Waals surface area (Å²) in [6, 6.07) is 76.6. The lowest BCUT2D eigenvalue weighted by Gasteiger charge is -2.43. The van der Waals surface area contributed by atoms with Crippen LogP contribution in [0.15, 0.2) is 215 Å². The van der Waals surface area contributed by atoms with Crippen molar-refractivity contribution in [3.63, 3.8) is 0 Å². The summed E-state index contributed by atoms with van der Waals surface area (Å²) in [4.78, 5) is 5.32. The van der Waals surface area contributed by atoms with Crippen LogP contribution in [-0.4, -0.2) is 6.71 Å². The van der Waals surface area contributed by atoms with Crippen LogP contribution in [0.1, 0.15) is 78.0 Å². The maximum Gasteiger partial charge on any atom is 0.256 e. The minimum atomic E-state index is -0.107. The van der Waals surface area contributed by atoms with Crippen LogP contribution in [0, 0.1) is 0 Å². The first kappa shape index (κ1) is 48.7. The Morgan fingerprint density at radius 3 is 1.24 bits per heavy atom. The minimum absolute atomic E-state index is 0.0715. The third kappa shape index (κ3) is 7.76. The average Bonchev–Trinajstić information content (AvgIpc) is 4.45. The Morgan fingerprint density at radius 1 is 0.400 bits per heavy atom. The molecular weight excluding hydrogens is 1010 g/mol. The average molecular weight is 1070 g/mol. The van der Waals surface area contributed by atoms with Gasteiger partial charge in [-0.15, -0.1) is 22.7 Å². The second-order valence-corrected chi connectivity index (χ2v) is 26.3. The van der Waals surface area contributed by atoms with E-state index in [9.17, 15) is 0 Å². The number of para-hydroxylation sites is 2. The van der Waals surface area contributed by atoms with Crippen LogP contribution in [0.5, 0.6) is 0 Å². The molecule has 0 fully saturated rings. The van der Waals surface area contributed by atoms with Gasteiger partial charge in [-0.3, -0.25) is 0 Å². The van der Waals surface area contributed by atoms with E-state index in [1.54, 1.807) is 0 Å². The van der Waals surface area contributed by atoms with Gasteiger partial charge in [-0.1, -0.05) is 201 Å². The third-order valence-corrected chi connectivity index (χ3v) is 19.1. The zero-order chi connectivity index (χ0) is 54.3. The smallest absolute Gasteiger partial charge is 0.256 e. The Bertz CT molecular complexity index is 4270. The van der Waals surface area contributed by atoms with Gasteiger partial charge in [-0.05, 0) is 132 Å². The minimum Gasteiger partial charge on any atom is -0.456 e. The molecule has 0 bridgehead atoms. The van der Waals surface area contributed by atoms with Crippen molar-refractivity contribution in [1.82, 2.24) is 0 Å². The lowest BCUT2D eigenvalue weighted by atomic mass is 9.33. The first-order valence-electron chi connectivity index (χ1n) is 28.0. The highest BCUT2D eigenvalue weighted by Gasteiger charge is 2.48. The van der Waals surface area contributed by atoms with Crippen LogP contribution >= 0.6 is 22.7 Å². The SMILES string of the molecule is CC(C)c1cc2c3c(c1)N(c1cc(-c4cc5ccccc5o4)ccc1-c1ccccc1)c1sc4ccc(C(C)(C)C)cc4c1B3c1c(sc3ccc(C(C)(C)C)cc13)N2c1cc(-c2cc3ccccc3o2)ccc1-c1ccccc1. The van der Waals surface area contributed by atoms with Crippen LogP contribution in [0.3, 0.4) is 0 Å². The second-order valence-electron chi connectivity index (χ2n) is 24.3. The second kappa shape index (κ2) is 18.1. The molecular formula is C73H59BN2O2S2. The summed E-state index contributed by atoms with van der Waals surface area (Å²) in [5.74, 6) is 1.90. The van der Waals surface area contributed by atoms with Gasteiger partial charge in [0, 0.05) is 53.8 Å². The lowest BCUT2D eigenvalue weighted by molar-refractivity contribution is 0.591. The van der Waals surface area contributed by atoms with E-state index in [1.165, 1.54) is 74.6 Å². The summed E-state index contributed by atoms with van der Waals surface area (Å²) in [5.41, 5.74) is 20.9. The molecule has 7 heteroatoms. The van der Waals surface area contributed by atoms with E-state index in [0.29, 0.717) is 0 Å². The highest BCUT2D eigenvalue weighted by atomic mass is 32.1. The lowest BCUT2D eigenvalue weighted by Crippen LogP contribution is -2.60. The summed E-state index contributed by atoms with van der Waals surface area (Å²) in [7, 11) is 0. The fraction of sp³-hybridized carbons (Fsp3) is 0.151. The van der Waals surface area contributed by atoms with Crippen LogP contribution in [-0.2, 0) is 10.8 Å². The van der Waals surface area contributed by atoms with Gasteiger partial charge in [-0.25, -0.2) is 0 Å². The van der Waals surface area contributed by atoms with Gasteiger partial charge in [0.1, 0.15) is 22.7 Å².